The predicted octanol–water partition coefficient (Wildman–Crippen LogP) is 3.22. The van der Waals surface area contributed by atoms with Gasteiger partial charge in [-0.3, -0.25) is 19.6 Å². The third-order valence-corrected chi connectivity index (χ3v) is 4.17. The van der Waals surface area contributed by atoms with Gasteiger partial charge in [0.2, 0.25) is 0 Å². The van der Waals surface area contributed by atoms with Gasteiger partial charge in [0, 0.05) is 24.4 Å². The van der Waals surface area contributed by atoms with Gasteiger partial charge in [-0.2, -0.15) is 5.10 Å². The largest absolute Gasteiger partial charge is 0.486 e. The van der Waals surface area contributed by atoms with E-state index in [1.54, 1.807) is 36.0 Å². The maximum Gasteiger partial charge on any atom is 0.287 e. The van der Waals surface area contributed by atoms with Crippen LogP contribution in [0.15, 0.2) is 47.0 Å². The Morgan fingerprint density at radius 1 is 1.32 bits per heavy atom. The molecule has 9 heteroatoms. The number of aromatic nitrogens is 2. The zero-order valence-electron chi connectivity index (χ0n) is 15.5. The third-order valence-electron chi connectivity index (χ3n) is 4.17. The summed E-state index contributed by atoms with van der Waals surface area (Å²) in [5.74, 6) is 0.806. The Bertz CT molecular complexity index is 992. The molecule has 0 unspecified atom stereocenters. The van der Waals surface area contributed by atoms with Crippen LogP contribution in [0, 0.1) is 17.0 Å². The van der Waals surface area contributed by atoms with Gasteiger partial charge < -0.3 is 14.5 Å². The molecule has 1 amide bonds. The minimum absolute atomic E-state index is 0.0359. The number of benzene rings is 1. The van der Waals surface area contributed by atoms with Crippen LogP contribution in [0.2, 0.25) is 0 Å². The number of carbonyl (C=O) groups is 1. The number of carbonyl (C=O) groups excluding carboxylic acids is 1. The van der Waals surface area contributed by atoms with E-state index >= 15 is 0 Å². The Balaban J connectivity index is 1.56. The summed E-state index contributed by atoms with van der Waals surface area (Å²) in [5.41, 5.74) is 1.45. The molecule has 0 spiro atoms. The molecule has 0 fully saturated rings. The summed E-state index contributed by atoms with van der Waals surface area (Å²) in [6.07, 6.45) is 1.69. The first-order valence-electron chi connectivity index (χ1n) is 8.73. The molecule has 9 nitrogen and oxygen atoms in total. The molecule has 28 heavy (non-hydrogen) atoms. The quantitative estimate of drug-likeness (QED) is 0.471. The number of furan rings is 1. The molecular weight excluding hydrogens is 364 g/mol. The van der Waals surface area contributed by atoms with Crippen LogP contribution in [0.1, 0.15) is 34.5 Å². The number of hydrogen-bond donors (Lipinski definition) is 1. The van der Waals surface area contributed by atoms with Gasteiger partial charge in [-0.25, -0.2) is 0 Å². The SMILES string of the molecule is CCn1nccc1CNC(=O)c1ccc(COc2ccc([N+](=O)[O-])c(C)c2)o1. The molecule has 0 aliphatic carbocycles. The summed E-state index contributed by atoms with van der Waals surface area (Å²) in [6, 6.07) is 9.59. The molecule has 0 aliphatic rings. The normalized spacial score (nSPS) is 10.6. The predicted molar refractivity (Wildman–Crippen MR) is 99.9 cm³/mol. The van der Waals surface area contributed by atoms with Crippen molar-refractivity contribution in [2.24, 2.45) is 0 Å². The van der Waals surface area contributed by atoms with E-state index in [-0.39, 0.29) is 24.0 Å². The molecule has 1 aromatic carbocycles. The molecule has 0 saturated heterocycles. The number of nitrogens with zero attached hydrogens (tertiary/aromatic N) is 3. The summed E-state index contributed by atoms with van der Waals surface area (Å²) in [5, 5.41) is 17.8. The van der Waals surface area contributed by atoms with E-state index in [2.05, 4.69) is 10.4 Å². The van der Waals surface area contributed by atoms with Gasteiger partial charge in [0.25, 0.3) is 11.6 Å². The minimum Gasteiger partial charge on any atom is -0.486 e. The number of hydrogen-bond acceptors (Lipinski definition) is 6. The molecule has 0 saturated carbocycles. The molecular formula is C19H20N4O5. The molecule has 3 rings (SSSR count). The topological polar surface area (TPSA) is 112 Å². The fraction of sp³-hybridized carbons (Fsp3) is 0.263. The lowest BCUT2D eigenvalue weighted by Gasteiger charge is -2.06. The van der Waals surface area contributed by atoms with E-state index in [1.165, 1.54) is 12.1 Å². The summed E-state index contributed by atoms with van der Waals surface area (Å²) >= 11 is 0. The van der Waals surface area contributed by atoms with Crippen LogP contribution < -0.4 is 10.1 Å². The van der Waals surface area contributed by atoms with Crippen molar-refractivity contribution in [3.63, 3.8) is 0 Å². The second-order valence-electron chi connectivity index (χ2n) is 6.08. The number of nitro groups is 1. The van der Waals surface area contributed by atoms with Gasteiger partial charge in [0.15, 0.2) is 5.76 Å². The van der Waals surface area contributed by atoms with Gasteiger partial charge >= 0.3 is 0 Å². The Hall–Kier alpha value is -3.62. The Morgan fingerprint density at radius 3 is 2.86 bits per heavy atom. The van der Waals surface area contributed by atoms with Crippen molar-refractivity contribution >= 4 is 11.6 Å². The molecule has 146 valence electrons. The second kappa shape index (κ2) is 8.38. The molecule has 0 aliphatic heterocycles. The summed E-state index contributed by atoms with van der Waals surface area (Å²) in [6.45, 7) is 4.80. The van der Waals surface area contributed by atoms with Crippen molar-refractivity contribution in [3.05, 3.63) is 75.5 Å². The minimum atomic E-state index is -0.440. The van der Waals surface area contributed by atoms with Crippen LogP contribution in [0.3, 0.4) is 0 Å². The maximum absolute atomic E-state index is 12.2. The van der Waals surface area contributed by atoms with Crippen molar-refractivity contribution < 1.29 is 18.9 Å². The van der Waals surface area contributed by atoms with E-state index in [4.69, 9.17) is 9.15 Å². The molecule has 3 aromatic rings. The number of nitrogens with one attached hydrogen (secondary N) is 1. The lowest BCUT2D eigenvalue weighted by atomic mass is 10.2. The zero-order valence-corrected chi connectivity index (χ0v) is 15.5. The Kier molecular flexibility index (Phi) is 5.73. The highest BCUT2D eigenvalue weighted by Crippen LogP contribution is 2.24. The van der Waals surface area contributed by atoms with E-state index in [0.717, 1.165) is 12.2 Å². The lowest BCUT2D eigenvalue weighted by molar-refractivity contribution is -0.385. The smallest absolute Gasteiger partial charge is 0.287 e. The first kappa shape index (κ1) is 19.2. The highest BCUT2D eigenvalue weighted by molar-refractivity contribution is 5.91. The van der Waals surface area contributed by atoms with Crippen molar-refractivity contribution in [1.29, 1.82) is 0 Å². The van der Waals surface area contributed by atoms with Gasteiger partial charge in [0.1, 0.15) is 18.1 Å². The third kappa shape index (κ3) is 4.37. The molecule has 2 heterocycles. The molecule has 2 aromatic heterocycles. The molecule has 1 N–H and O–H groups in total. The summed E-state index contributed by atoms with van der Waals surface area (Å²) in [4.78, 5) is 22.6. The monoisotopic (exact) mass is 384 g/mol. The van der Waals surface area contributed by atoms with Crippen LogP contribution >= 0.6 is 0 Å². The van der Waals surface area contributed by atoms with Crippen molar-refractivity contribution in [3.8, 4) is 5.75 Å². The number of amides is 1. The van der Waals surface area contributed by atoms with Gasteiger partial charge in [-0.15, -0.1) is 0 Å². The molecule has 0 atom stereocenters. The van der Waals surface area contributed by atoms with E-state index in [9.17, 15) is 14.9 Å². The highest BCUT2D eigenvalue weighted by Gasteiger charge is 2.14. The second-order valence-corrected chi connectivity index (χ2v) is 6.08. The average Bonchev–Trinajstić information content (AvgIpc) is 3.33. The van der Waals surface area contributed by atoms with Crippen LogP contribution in [0.5, 0.6) is 5.75 Å². The molecule has 0 bridgehead atoms. The fourth-order valence-corrected chi connectivity index (χ4v) is 2.71. The number of rotatable bonds is 8. The highest BCUT2D eigenvalue weighted by atomic mass is 16.6. The van der Waals surface area contributed by atoms with Crippen LogP contribution in [-0.4, -0.2) is 20.6 Å². The average molecular weight is 384 g/mol. The maximum atomic E-state index is 12.2. The standard InChI is InChI=1S/C19H20N4O5/c1-3-22-14(8-9-21-22)11-20-19(24)18-7-5-16(28-18)12-27-15-4-6-17(23(25)26)13(2)10-15/h4-10H,3,11-12H2,1-2H3,(H,20,24). The zero-order chi connectivity index (χ0) is 20.1. The van der Waals surface area contributed by atoms with Crippen molar-refractivity contribution in [2.45, 2.75) is 33.5 Å². The van der Waals surface area contributed by atoms with Gasteiger partial charge in [-0.05, 0) is 44.2 Å². The van der Waals surface area contributed by atoms with E-state index in [0.29, 0.717) is 23.6 Å². The van der Waals surface area contributed by atoms with Crippen LogP contribution in [-0.2, 0) is 19.7 Å². The molecule has 0 radical (unpaired) electrons. The van der Waals surface area contributed by atoms with Crippen LogP contribution in [0.25, 0.3) is 0 Å². The van der Waals surface area contributed by atoms with Crippen LogP contribution in [0.4, 0.5) is 5.69 Å². The van der Waals surface area contributed by atoms with Gasteiger partial charge in [0.05, 0.1) is 17.2 Å². The number of nitro benzene ring substituents is 1. The lowest BCUT2D eigenvalue weighted by Crippen LogP contribution is -2.24. The van der Waals surface area contributed by atoms with E-state index in [1.807, 2.05) is 13.0 Å². The van der Waals surface area contributed by atoms with Crippen molar-refractivity contribution in [1.82, 2.24) is 15.1 Å². The fourth-order valence-electron chi connectivity index (χ4n) is 2.71. The first-order valence-corrected chi connectivity index (χ1v) is 8.73. The summed E-state index contributed by atoms with van der Waals surface area (Å²) < 4.78 is 12.9. The van der Waals surface area contributed by atoms with Gasteiger partial charge in [-0.1, -0.05) is 0 Å². The Labute approximate surface area is 161 Å². The Morgan fingerprint density at radius 2 is 2.14 bits per heavy atom. The van der Waals surface area contributed by atoms with E-state index < -0.39 is 4.92 Å². The summed E-state index contributed by atoms with van der Waals surface area (Å²) in [7, 11) is 0. The van der Waals surface area contributed by atoms with Crippen molar-refractivity contribution in [2.75, 3.05) is 0 Å². The first-order chi connectivity index (χ1) is 13.5. The number of ether oxygens (including phenoxy) is 1. The number of aryl methyl sites for hydroxylation is 2.